The van der Waals surface area contributed by atoms with Crippen LogP contribution in [0.25, 0.3) is 11.1 Å². The lowest BCUT2D eigenvalue weighted by Crippen LogP contribution is -2.44. The van der Waals surface area contributed by atoms with E-state index in [-0.39, 0.29) is 24.8 Å². The summed E-state index contributed by atoms with van der Waals surface area (Å²) >= 11 is 0. The third-order valence-corrected chi connectivity index (χ3v) is 4.70. The Morgan fingerprint density at radius 2 is 1.82 bits per heavy atom. The number of rotatable bonds is 4. The fourth-order valence-electron chi connectivity index (χ4n) is 3.26. The molecule has 3 unspecified atom stereocenters. The molecule has 7 heteroatoms. The average molecular weight is 384 g/mol. The molecule has 0 amide bonds. The largest absolute Gasteiger partial charge is 0.426 e. The van der Waals surface area contributed by atoms with Crippen molar-refractivity contribution in [1.29, 1.82) is 10.8 Å². The minimum atomic E-state index is -1.06. The lowest BCUT2D eigenvalue weighted by atomic mass is 9.92. The van der Waals surface area contributed by atoms with Gasteiger partial charge in [0.1, 0.15) is 12.2 Å². The molecule has 3 rings (SSSR count). The number of hydrogen-bond acceptors (Lipinski definition) is 7. The third-order valence-electron chi connectivity index (χ3n) is 4.70. The molecule has 5 N–H and O–H groups in total. The van der Waals surface area contributed by atoms with E-state index in [4.69, 9.17) is 20.3 Å². The molecule has 0 saturated carbocycles. The van der Waals surface area contributed by atoms with E-state index in [1.54, 1.807) is 12.1 Å². The Balaban J connectivity index is 1.81. The summed E-state index contributed by atoms with van der Waals surface area (Å²) in [4.78, 5) is 0. The van der Waals surface area contributed by atoms with Crippen molar-refractivity contribution < 1.29 is 24.8 Å². The number of benzene rings is 2. The normalized spacial score (nSPS) is 24.6. The number of aliphatic hydroxyl groups is 3. The lowest BCUT2D eigenvalue weighted by molar-refractivity contribution is -0.179. The molecule has 4 atom stereocenters. The van der Waals surface area contributed by atoms with E-state index in [9.17, 15) is 15.3 Å². The van der Waals surface area contributed by atoms with Gasteiger partial charge in [0.2, 0.25) is 5.90 Å². The second-order valence-corrected chi connectivity index (χ2v) is 6.85. The minimum Gasteiger partial charge on any atom is -0.426 e. The van der Waals surface area contributed by atoms with Crippen LogP contribution in [0.5, 0.6) is 0 Å². The average Bonchev–Trinajstić information content (AvgIpc) is 2.69. The van der Waals surface area contributed by atoms with Crippen LogP contribution >= 0.6 is 0 Å². The van der Waals surface area contributed by atoms with Crippen molar-refractivity contribution >= 4 is 11.8 Å². The molecule has 0 radical (unpaired) electrons. The maximum absolute atomic E-state index is 10.2. The Morgan fingerprint density at radius 3 is 2.46 bits per heavy atom. The van der Waals surface area contributed by atoms with Gasteiger partial charge in [-0.25, -0.2) is 0 Å². The van der Waals surface area contributed by atoms with E-state index in [1.807, 2.05) is 36.4 Å². The predicted octanol–water partition coefficient (Wildman–Crippen LogP) is 2.24. The van der Waals surface area contributed by atoms with Gasteiger partial charge < -0.3 is 24.8 Å². The molecule has 1 heterocycles. The van der Waals surface area contributed by atoms with E-state index in [0.29, 0.717) is 11.1 Å². The number of hydrogen-bond donors (Lipinski definition) is 5. The van der Waals surface area contributed by atoms with Gasteiger partial charge in [-0.2, -0.15) is 0 Å². The van der Waals surface area contributed by atoms with Crippen molar-refractivity contribution in [2.45, 2.75) is 37.8 Å². The Bertz CT molecular complexity index is 852. The van der Waals surface area contributed by atoms with Crippen molar-refractivity contribution in [3.05, 3.63) is 59.7 Å². The first-order valence-corrected chi connectivity index (χ1v) is 9.04. The van der Waals surface area contributed by atoms with Gasteiger partial charge in [0.25, 0.3) is 0 Å². The zero-order chi connectivity index (χ0) is 20.3. The van der Waals surface area contributed by atoms with Gasteiger partial charge in [-0.3, -0.25) is 10.8 Å². The fraction of sp³-hybridized carbons (Fsp3) is 0.333. The molecule has 0 spiro atoms. The van der Waals surface area contributed by atoms with Crippen LogP contribution in [0.15, 0.2) is 48.5 Å². The number of nitrogens with one attached hydrogen (secondary N) is 2. The molecule has 0 bridgehead atoms. The topological polar surface area (TPSA) is 127 Å². The molecule has 1 fully saturated rings. The second-order valence-electron chi connectivity index (χ2n) is 6.85. The molecular formula is C21H24N2O5. The van der Waals surface area contributed by atoms with E-state index in [1.165, 1.54) is 6.92 Å². The molecule has 148 valence electrons. The van der Waals surface area contributed by atoms with Gasteiger partial charge in [0.15, 0.2) is 5.90 Å². The first kappa shape index (κ1) is 20.2. The smallest absolute Gasteiger partial charge is 0.220 e. The zero-order valence-electron chi connectivity index (χ0n) is 15.5. The molecular weight excluding hydrogens is 360 g/mol. The van der Waals surface area contributed by atoms with Gasteiger partial charge in [-0.1, -0.05) is 36.4 Å². The summed E-state index contributed by atoms with van der Waals surface area (Å²) in [5, 5.41) is 44.8. The highest BCUT2D eigenvalue weighted by molar-refractivity contribution is 5.99. The zero-order valence-corrected chi connectivity index (χ0v) is 15.5. The molecule has 7 nitrogen and oxygen atoms in total. The summed E-state index contributed by atoms with van der Waals surface area (Å²) in [5.41, 5.74) is 3.04. The van der Waals surface area contributed by atoms with Crippen LogP contribution in [-0.2, 0) is 9.47 Å². The Morgan fingerprint density at radius 1 is 1.11 bits per heavy atom. The van der Waals surface area contributed by atoms with Gasteiger partial charge in [0.05, 0.1) is 18.8 Å². The molecule has 1 aliphatic rings. The number of aliphatic hydroxyl groups excluding tert-OH is 3. The fourth-order valence-corrected chi connectivity index (χ4v) is 3.26. The number of ether oxygens (including phenoxy) is 2. The molecule has 1 aliphatic heterocycles. The SMILES string of the molecule is CC(=N)OC(=N)c1cccc(-c2ccc([C@H]3OC(CO)CC(O)C3O)cc2)c1. The van der Waals surface area contributed by atoms with Gasteiger partial charge in [-0.15, -0.1) is 0 Å². The highest BCUT2D eigenvalue weighted by Crippen LogP contribution is 2.33. The minimum absolute atomic E-state index is 0.0471. The van der Waals surface area contributed by atoms with E-state index in [2.05, 4.69) is 0 Å². The first-order valence-electron chi connectivity index (χ1n) is 9.04. The third kappa shape index (κ3) is 4.45. The van der Waals surface area contributed by atoms with E-state index >= 15 is 0 Å². The molecule has 0 aliphatic carbocycles. The Kier molecular flexibility index (Phi) is 6.21. The van der Waals surface area contributed by atoms with Crippen LogP contribution in [0.2, 0.25) is 0 Å². The molecule has 0 aromatic heterocycles. The predicted molar refractivity (Wildman–Crippen MR) is 105 cm³/mol. The van der Waals surface area contributed by atoms with Crippen LogP contribution in [0.3, 0.4) is 0 Å². The standard InChI is InChI=1S/C21H24N2O5/c1-12(22)27-21(23)16-4-2-3-15(9-16)13-5-7-14(8-6-13)20-19(26)18(25)10-17(11-24)28-20/h2-9,17-20,22-26H,10-11H2,1H3/t17?,18?,19?,20-/m1/s1. The maximum Gasteiger partial charge on any atom is 0.220 e. The Hall–Kier alpha value is -2.58. The van der Waals surface area contributed by atoms with Crippen LogP contribution in [0, 0.1) is 10.8 Å². The van der Waals surface area contributed by atoms with Gasteiger partial charge >= 0.3 is 0 Å². The molecule has 2 aromatic rings. The summed E-state index contributed by atoms with van der Waals surface area (Å²) in [5.74, 6) is -0.136. The Labute approximate surface area is 163 Å². The first-order chi connectivity index (χ1) is 13.4. The van der Waals surface area contributed by atoms with Crippen molar-refractivity contribution in [3.8, 4) is 11.1 Å². The van der Waals surface area contributed by atoms with E-state index in [0.717, 1.165) is 11.1 Å². The molecule has 2 aromatic carbocycles. The van der Waals surface area contributed by atoms with Crippen molar-refractivity contribution in [2.24, 2.45) is 0 Å². The van der Waals surface area contributed by atoms with Crippen molar-refractivity contribution in [3.63, 3.8) is 0 Å². The lowest BCUT2D eigenvalue weighted by Gasteiger charge is -2.36. The summed E-state index contributed by atoms with van der Waals surface area (Å²) in [6.07, 6.45) is -3.03. The monoisotopic (exact) mass is 384 g/mol. The van der Waals surface area contributed by atoms with Crippen LogP contribution in [0.4, 0.5) is 0 Å². The summed E-state index contributed by atoms with van der Waals surface area (Å²) in [7, 11) is 0. The summed E-state index contributed by atoms with van der Waals surface area (Å²) in [6, 6.07) is 14.6. The van der Waals surface area contributed by atoms with Crippen molar-refractivity contribution in [1.82, 2.24) is 0 Å². The molecule has 1 saturated heterocycles. The molecule has 28 heavy (non-hydrogen) atoms. The van der Waals surface area contributed by atoms with Crippen LogP contribution < -0.4 is 0 Å². The quantitative estimate of drug-likeness (QED) is 0.408. The van der Waals surface area contributed by atoms with Crippen molar-refractivity contribution in [2.75, 3.05) is 6.61 Å². The highest BCUT2D eigenvalue weighted by atomic mass is 16.5. The van der Waals surface area contributed by atoms with E-state index < -0.39 is 24.4 Å². The maximum atomic E-state index is 10.2. The van der Waals surface area contributed by atoms with Gasteiger partial charge in [0, 0.05) is 18.9 Å². The summed E-state index contributed by atoms with van der Waals surface area (Å²) in [6.45, 7) is 1.26. The van der Waals surface area contributed by atoms with Crippen LogP contribution in [0.1, 0.15) is 30.6 Å². The second kappa shape index (κ2) is 8.62. The highest BCUT2D eigenvalue weighted by Gasteiger charge is 2.37. The summed E-state index contributed by atoms with van der Waals surface area (Å²) < 4.78 is 10.8. The van der Waals surface area contributed by atoms with Crippen LogP contribution in [-0.4, -0.2) is 52.0 Å². The van der Waals surface area contributed by atoms with Gasteiger partial charge in [-0.05, 0) is 28.8 Å².